The maximum absolute atomic E-state index is 12.8. The monoisotopic (exact) mass is 465 g/mol. The van der Waals surface area contributed by atoms with Crippen LogP contribution in [0, 0.1) is 0 Å². The van der Waals surface area contributed by atoms with Crippen molar-refractivity contribution in [1.29, 1.82) is 0 Å². The molecule has 0 radical (unpaired) electrons. The highest BCUT2D eigenvalue weighted by Gasteiger charge is 2.17. The number of amides is 2. The number of anilines is 2. The van der Waals surface area contributed by atoms with E-state index in [0.717, 1.165) is 50.4 Å². The molecule has 6 nitrogen and oxygen atoms in total. The summed E-state index contributed by atoms with van der Waals surface area (Å²) in [7, 11) is 0. The third kappa shape index (κ3) is 8.73. The Morgan fingerprint density at radius 2 is 1.62 bits per heavy atom. The van der Waals surface area contributed by atoms with Gasteiger partial charge in [0.15, 0.2) is 0 Å². The molecule has 0 aromatic heterocycles. The summed E-state index contributed by atoms with van der Waals surface area (Å²) in [6.07, 6.45) is 10.6. The molecule has 3 rings (SSSR count). The van der Waals surface area contributed by atoms with E-state index in [1.54, 1.807) is 6.07 Å². The van der Waals surface area contributed by atoms with E-state index in [4.69, 9.17) is 4.74 Å². The van der Waals surface area contributed by atoms with Crippen LogP contribution in [0.1, 0.15) is 75.1 Å². The zero-order valence-electron chi connectivity index (χ0n) is 20.5. The van der Waals surface area contributed by atoms with Gasteiger partial charge in [-0.25, -0.2) is 0 Å². The molecule has 184 valence electrons. The largest absolute Gasteiger partial charge is 0.494 e. The Balaban J connectivity index is 1.41. The molecule has 34 heavy (non-hydrogen) atoms. The van der Waals surface area contributed by atoms with Gasteiger partial charge in [-0.1, -0.05) is 51.5 Å². The number of ether oxygens (including phenoxy) is 1. The number of benzene rings is 2. The Morgan fingerprint density at radius 3 is 2.35 bits per heavy atom. The van der Waals surface area contributed by atoms with Gasteiger partial charge in [0.25, 0.3) is 5.91 Å². The molecular formula is C28H39N3O3. The van der Waals surface area contributed by atoms with Crippen molar-refractivity contribution in [1.82, 2.24) is 4.90 Å². The Morgan fingerprint density at radius 1 is 0.882 bits per heavy atom. The lowest BCUT2D eigenvalue weighted by Crippen LogP contribution is -2.31. The number of nitrogens with zero attached hydrogens (tertiary/aromatic N) is 1. The van der Waals surface area contributed by atoms with Crippen molar-refractivity contribution in [2.24, 2.45) is 0 Å². The summed E-state index contributed by atoms with van der Waals surface area (Å²) in [5.74, 6) is 0.725. The highest BCUT2D eigenvalue weighted by Crippen LogP contribution is 2.18. The van der Waals surface area contributed by atoms with Crippen molar-refractivity contribution in [2.75, 3.05) is 36.9 Å². The highest BCUT2D eigenvalue weighted by molar-refractivity contribution is 5.98. The van der Waals surface area contributed by atoms with Gasteiger partial charge in [-0.15, -0.1) is 0 Å². The number of unbranched alkanes of at least 4 members (excludes halogenated alkanes) is 4. The van der Waals surface area contributed by atoms with E-state index < -0.39 is 0 Å². The SMILES string of the molecule is CCCCCCCOc1ccc(NCC(=O)Nc2cccc(C(=O)N3CCCCCC3)c2)cc1. The van der Waals surface area contributed by atoms with Gasteiger partial charge in [-0.05, 0) is 61.7 Å². The summed E-state index contributed by atoms with van der Waals surface area (Å²) < 4.78 is 5.79. The molecule has 1 saturated heterocycles. The Labute approximate surface area is 204 Å². The van der Waals surface area contributed by atoms with Gasteiger partial charge < -0.3 is 20.3 Å². The molecule has 6 heteroatoms. The standard InChI is InChI=1S/C28H39N3O3/c1-2-3-4-7-10-20-34-26-16-14-24(15-17-26)29-22-27(32)30-25-13-11-12-23(21-25)28(33)31-18-8-5-6-9-19-31/h11-17,21,29H,2-10,18-20,22H2,1H3,(H,30,32). The third-order valence-electron chi connectivity index (χ3n) is 6.11. The van der Waals surface area contributed by atoms with E-state index in [1.165, 1.54) is 38.5 Å². The first-order valence-corrected chi connectivity index (χ1v) is 12.8. The van der Waals surface area contributed by atoms with Crippen LogP contribution in [0.4, 0.5) is 11.4 Å². The topological polar surface area (TPSA) is 70.7 Å². The first-order valence-electron chi connectivity index (χ1n) is 12.8. The fourth-order valence-corrected chi connectivity index (χ4v) is 4.14. The molecule has 1 aliphatic heterocycles. The average molecular weight is 466 g/mol. The van der Waals surface area contributed by atoms with Crippen LogP contribution in [0.2, 0.25) is 0 Å². The Hall–Kier alpha value is -3.02. The number of hydrogen-bond acceptors (Lipinski definition) is 4. The van der Waals surface area contributed by atoms with Gasteiger partial charge in [-0.2, -0.15) is 0 Å². The minimum atomic E-state index is -0.160. The fourth-order valence-electron chi connectivity index (χ4n) is 4.14. The van der Waals surface area contributed by atoms with Gasteiger partial charge in [-0.3, -0.25) is 9.59 Å². The van der Waals surface area contributed by atoms with E-state index >= 15 is 0 Å². The first-order chi connectivity index (χ1) is 16.7. The Kier molecular flexibility index (Phi) is 10.8. The van der Waals surface area contributed by atoms with E-state index in [2.05, 4.69) is 17.6 Å². The summed E-state index contributed by atoms with van der Waals surface area (Å²) in [6.45, 7) is 4.71. The van der Waals surface area contributed by atoms with Crippen LogP contribution in [0.15, 0.2) is 48.5 Å². The van der Waals surface area contributed by atoms with Crippen LogP contribution >= 0.6 is 0 Å². The lowest BCUT2D eigenvalue weighted by atomic mass is 10.1. The lowest BCUT2D eigenvalue weighted by Gasteiger charge is -2.20. The molecule has 0 spiro atoms. The third-order valence-corrected chi connectivity index (χ3v) is 6.11. The second kappa shape index (κ2) is 14.3. The van der Waals surface area contributed by atoms with Gasteiger partial charge in [0.05, 0.1) is 13.2 Å². The van der Waals surface area contributed by atoms with Crippen LogP contribution in [0.3, 0.4) is 0 Å². The van der Waals surface area contributed by atoms with Crippen LogP contribution in [0.5, 0.6) is 5.75 Å². The zero-order chi connectivity index (χ0) is 24.0. The number of rotatable bonds is 12. The molecule has 0 saturated carbocycles. The van der Waals surface area contributed by atoms with Crippen LogP contribution in [0.25, 0.3) is 0 Å². The predicted molar refractivity (Wildman–Crippen MR) is 139 cm³/mol. The minimum Gasteiger partial charge on any atom is -0.494 e. The number of likely N-dealkylation sites (tertiary alicyclic amines) is 1. The summed E-state index contributed by atoms with van der Waals surface area (Å²) in [6, 6.07) is 14.9. The van der Waals surface area contributed by atoms with E-state index in [-0.39, 0.29) is 18.4 Å². The normalized spacial score (nSPS) is 13.7. The molecular weight excluding hydrogens is 426 g/mol. The van der Waals surface area contributed by atoms with E-state index in [0.29, 0.717) is 11.3 Å². The quantitative estimate of drug-likeness (QED) is 0.372. The molecule has 0 bridgehead atoms. The van der Waals surface area contributed by atoms with Crippen molar-refractivity contribution in [3.05, 3.63) is 54.1 Å². The molecule has 0 aliphatic carbocycles. The lowest BCUT2D eigenvalue weighted by molar-refractivity contribution is -0.114. The van der Waals surface area contributed by atoms with Crippen molar-refractivity contribution >= 4 is 23.2 Å². The molecule has 1 aliphatic rings. The van der Waals surface area contributed by atoms with Gasteiger partial charge in [0, 0.05) is 30.0 Å². The Bertz CT molecular complexity index is 890. The molecule has 2 aromatic rings. The first kappa shape index (κ1) is 25.6. The van der Waals surface area contributed by atoms with Gasteiger partial charge >= 0.3 is 0 Å². The molecule has 0 atom stereocenters. The fraction of sp³-hybridized carbons (Fsp3) is 0.500. The minimum absolute atomic E-state index is 0.0411. The van der Waals surface area contributed by atoms with E-state index in [9.17, 15) is 9.59 Å². The van der Waals surface area contributed by atoms with E-state index in [1.807, 2.05) is 47.4 Å². The molecule has 1 fully saturated rings. The summed E-state index contributed by atoms with van der Waals surface area (Å²) >= 11 is 0. The van der Waals surface area contributed by atoms with Gasteiger partial charge in [0.2, 0.25) is 5.91 Å². The number of hydrogen-bond donors (Lipinski definition) is 2. The predicted octanol–water partition coefficient (Wildman–Crippen LogP) is 6.10. The van der Waals surface area contributed by atoms with Crippen LogP contribution in [-0.4, -0.2) is 43.0 Å². The summed E-state index contributed by atoms with van der Waals surface area (Å²) in [5.41, 5.74) is 2.11. The van der Waals surface area contributed by atoms with Crippen molar-refractivity contribution in [3.63, 3.8) is 0 Å². The highest BCUT2D eigenvalue weighted by atomic mass is 16.5. The average Bonchev–Trinajstić information content (AvgIpc) is 3.15. The number of nitrogens with one attached hydrogen (secondary N) is 2. The molecule has 0 unspecified atom stereocenters. The van der Waals surface area contributed by atoms with Crippen molar-refractivity contribution in [2.45, 2.75) is 64.7 Å². The van der Waals surface area contributed by atoms with Crippen LogP contribution < -0.4 is 15.4 Å². The second-order valence-corrected chi connectivity index (χ2v) is 8.98. The van der Waals surface area contributed by atoms with Crippen LogP contribution in [-0.2, 0) is 4.79 Å². The second-order valence-electron chi connectivity index (χ2n) is 8.98. The number of carbonyl (C=O) groups excluding carboxylic acids is 2. The summed E-state index contributed by atoms with van der Waals surface area (Å²) in [4.78, 5) is 27.2. The zero-order valence-corrected chi connectivity index (χ0v) is 20.5. The molecule has 2 N–H and O–H groups in total. The van der Waals surface area contributed by atoms with Crippen molar-refractivity contribution in [3.8, 4) is 5.75 Å². The maximum Gasteiger partial charge on any atom is 0.253 e. The van der Waals surface area contributed by atoms with Gasteiger partial charge in [0.1, 0.15) is 5.75 Å². The smallest absolute Gasteiger partial charge is 0.253 e. The van der Waals surface area contributed by atoms with Crippen molar-refractivity contribution < 1.29 is 14.3 Å². The number of carbonyl (C=O) groups is 2. The maximum atomic E-state index is 12.8. The molecule has 2 amide bonds. The summed E-state index contributed by atoms with van der Waals surface area (Å²) in [5, 5.41) is 6.02. The molecule has 2 aromatic carbocycles. The molecule has 1 heterocycles.